The molecule has 1 aromatic heterocycles. The van der Waals surface area contributed by atoms with Crippen LogP contribution in [-0.4, -0.2) is 22.9 Å². The van der Waals surface area contributed by atoms with Crippen molar-refractivity contribution in [1.29, 1.82) is 0 Å². The molecule has 0 spiro atoms. The van der Waals surface area contributed by atoms with Gasteiger partial charge >= 0.3 is 0 Å². The average molecular weight is 207 g/mol. The third kappa shape index (κ3) is 2.40. The van der Waals surface area contributed by atoms with Gasteiger partial charge in [-0.3, -0.25) is 4.68 Å². The lowest BCUT2D eigenvalue weighted by molar-refractivity contribution is 0.437. The topological polar surface area (TPSA) is 29.9 Å². The monoisotopic (exact) mass is 207 g/mol. The third-order valence-corrected chi connectivity index (χ3v) is 3.23. The maximum Gasteiger partial charge on any atom is 0.0624 e. The van der Waals surface area contributed by atoms with Crippen molar-refractivity contribution in [3.8, 4) is 0 Å². The van der Waals surface area contributed by atoms with Gasteiger partial charge in [0.1, 0.15) is 0 Å². The molecule has 0 radical (unpaired) electrons. The van der Waals surface area contributed by atoms with Crippen LogP contribution in [0, 0.1) is 5.92 Å². The van der Waals surface area contributed by atoms with Crippen molar-refractivity contribution >= 4 is 0 Å². The highest BCUT2D eigenvalue weighted by atomic mass is 15.3. The molecule has 2 heterocycles. The van der Waals surface area contributed by atoms with Crippen molar-refractivity contribution in [2.24, 2.45) is 5.92 Å². The SMILES string of the molecule is CCc1cc(CC)n(CC2CCNC2)n1. The first kappa shape index (κ1) is 10.7. The van der Waals surface area contributed by atoms with Crippen molar-refractivity contribution in [2.45, 2.75) is 39.7 Å². The minimum atomic E-state index is 0.778. The maximum absolute atomic E-state index is 4.65. The molecule has 1 fully saturated rings. The number of rotatable bonds is 4. The Hall–Kier alpha value is -0.830. The van der Waals surface area contributed by atoms with Crippen LogP contribution in [0.3, 0.4) is 0 Å². The summed E-state index contributed by atoms with van der Waals surface area (Å²) < 4.78 is 2.22. The van der Waals surface area contributed by atoms with E-state index in [9.17, 15) is 0 Å². The summed E-state index contributed by atoms with van der Waals surface area (Å²) in [7, 11) is 0. The lowest BCUT2D eigenvalue weighted by atomic mass is 10.1. The summed E-state index contributed by atoms with van der Waals surface area (Å²) in [6.07, 6.45) is 3.43. The summed E-state index contributed by atoms with van der Waals surface area (Å²) in [6.45, 7) is 7.80. The zero-order valence-corrected chi connectivity index (χ0v) is 9.79. The second-order valence-electron chi connectivity index (χ2n) is 4.38. The lowest BCUT2D eigenvalue weighted by Gasteiger charge is -2.10. The molecule has 0 amide bonds. The standard InChI is InChI=1S/C12H21N3/c1-3-11-7-12(4-2)15(14-11)9-10-5-6-13-8-10/h7,10,13H,3-6,8-9H2,1-2H3. The van der Waals surface area contributed by atoms with E-state index in [0.29, 0.717) is 0 Å². The van der Waals surface area contributed by atoms with Gasteiger partial charge < -0.3 is 5.32 Å². The molecule has 1 atom stereocenters. The molecule has 84 valence electrons. The molecule has 0 aliphatic carbocycles. The molecule has 1 unspecified atom stereocenters. The van der Waals surface area contributed by atoms with Crippen LogP contribution in [0.4, 0.5) is 0 Å². The summed E-state index contributed by atoms with van der Waals surface area (Å²) in [5, 5.41) is 8.06. The first-order valence-corrected chi connectivity index (χ1v) is 6.09. The molecule has 1 N–H and O–H groups in total. The van der Waals surface area contributed by atoms with Crippen LogP contribution < -0.4 is 5.32 Å². The first-order chi connectivity index (χ1) is 7.33. The summed E-state index contributed by atoms with van der Waals surface area (Å²) in [5.41, 5.74) is 2.62. The van der Waals surface area contributed by atoms with Gasteiger partial charge in [-0.15, -0.1) is 0 Å². The Morgan fingerprint density at radius 3 is 2.93 bits per heavy atom. The lowest BCUT2D eigenvalue weighted by Crippen LogP contribution is -2.16. The normalized spacial score (nSPS) is 21.1. The fourth-order valence-electron chi connectivity index (χ4n) is 2.25. The zero-order valence-electron chi connectivity index (χ0n) is 9.79. The van der Waals surface area contributed by atoms with Gasteiger partial charge in [-0.25, -0.2) is 0 Å². The molecule has 2 rings (SSSR count). The summed E-state index contributed by atoms with van der Waals surface area (Å²) in [6, 6.07) is 2.25. The van der Waals surface area contributed by atoms with Gasteiger partial charge in [0, 0.05) is 12.2 Å². The van der Waals surface area contributed by atoms with Crippen LogP contribution in [-0.2, 0) is 19.4 Å². The predicted molar refractivity (Wildman–Crippen MR) is 62.0 cm³/mol. The van der Waals surface area contributed by atoms with Gasteiger partial charge in [0.05, 0.1) is 5.69 Å². The largest absolute Gasteiger partial charge is 0.316 e. The number of hydrogen-bond acceptors (Lipinski definition) is 2. The minimum absolute atomic E-state index is 0.778. The van der Waals surface area contributed by atoms with Gasteiger partial charge in [-0.1, -0.05) is 13.8 Å². The van der Waals surface area contributed by atoms with Crippen LogP contribution in [0.1, 0.15) is 31.7 Å². The molecule has 0 saturated carbocycles. The van der Waals surface area contributed by atoms with E-state index in [1.807, 2.05) is 0 Å². The molecule has 0 aromatic carbocycles. The summed E-state index contributed by atoms with van der Waals surface area (Å²) >= 11 is 0. The van der Waals surface area contributed by atoms with Crippen molar-refractivity contribution < 1.29 is 0 Å². The van der Waals surface area contributed by atoms with Crippen molar-refractivity contribution in [3.63, 3.8) is 0 Å². The predicted octanol–water partition coefficient (Wildman–Crippen LogP) is 1.62. The average Bonchev–Trinajstić information content (AvgIpc) is 2.87. The van der Waals surface area contributed by atoms with Crippen molar-refractivity contribution in [2.75, 3.05) is 13.1 Å². The smallest absolute Gasteiger partial charge is 0.0624 e. The Labute approximate surface area is 91.9 Å². The summed E-state index contributed by atoms with van der Waals surface area (Å²) in [4.78, 5) is 0. The molecule has 3 nitrogen and oxygen atoms in total. The molecule has 0 bridgehead atoms. The van der Waals surface area contributed by atoms with Gasteiger partial charge in [-0.05, 0) is 44.3 Å². The zero-order chi connectivity index (χ0) is 10.7. The van der Waals surface area contributed by atoms with Crippen LogP contribution in [0.2, 0.25) is 0 Å². The van der Waals surface area contributed by atoms with Crippen LogP contribution in [0.5, 0.6) is 0 Å². The number of aryl methyl sites for hydroxylation is 2. The van der Waals surface area contributed by atoms with E-state index in [1.54, 1.807) is 0 Å². The molecule has 15 heavy (non-hydrogen) atoms. The highest BCUT2D eigenvalue weighted by molar-refractivity contribution is 5.10. The van der Waals surface area contributed by atoms with E-state index in [1.165, 1.54) is 24.4 Å². The quantitative estimate of drug-likeness (QED) is 0.813. The Morgan fingerprint density at radius 2 is 2.33 bits per heavy atom. The van der Waals surface area contributed by atoms with Gasteiger partial charge in [0.25, 0.3) is 0 Å². The molecule has 1 aliphatic heterocycles. The number of hydrogen-bond donors (Lipinski definition) is 1. The molecule has 1 aromatic rings. The third-order valence-electron chi connectivity index (χ3n) is 3.23. The van der Waals surface area contributed by atoms with Gasteiger partial charge in [0.15, 0.2) is 0 Å². The fraction of sp³-hybridized carbons (Fsp3) is 0.750. The van der Waals surface area contributed by atoms with E-state index in [2.05, 4.69) is 35.0 Å². The Bertz CT molecular complexity index is 311. The second-order valence-corrected chi connectivity index (χ2v) is 4.38. The Morgan fingerprint density at radius 1 is 1.47 bits per heavy atom. The maximum atomic E-state index is 4.65. The highest BCUT2D eigenvalue weighted by Crippen LogP contribution is 2.13. The highest BCUT2D eigenvalue weighted by Gasteiger charge is 2.16. The number of aromatic nitrogens is 2. The van der Waals surface area contributed by atoms with Gasteiger partial charge in [0.2, 0.25) is 0 Å². The second kappa shape index (κ2) is 4.79. The van der Waals surface area contributed by atoms with Gasteiger partial charge in [-0.2, -0.15) is 5.10 Å². The van der Waals surface area contributed by atoms with E-state index in [-0.39, 0.29) is 0 Å². The minimum Gasteiger partial charge on any atom is -0.316 e. The van der Waals surface area contributed by atoms with E-state index >= 15 is 0 Å². The van der Waals surface area contributed by atoms with Crippen LogP contribution in [0.25, 0.3) is 0 Å². The first-order valence-electron chi connectivity index (χ1n) is 6.09. The van der Waals surface area contributed by atoms with E-state index in [4.69, 9.17) is 0 Å². The number of nitrogens with zero attached hydrogens (tertiary/aromatic N) is 2. The van der Waals surface area contributed by atoms with Crippen LogP contribution in [0.15, 0.2) is 6.07 Å². The van der Waals surface area contributed by atoms with E-state index < -0.39 is 0 Å². The molecule has 1 aliphatic rings. The Kier molecular flexibility index (Phi) is 3.41. The molecular formula is C12H21N3. The van der Waals surface area contributed by atoms with Crippen LogP contribution >= 0.6 is 0 Å². The van der Waals surface area contributed by atoms with Crippen molar-refractivity contribution in [1.82, 2.24) is 15.1 Å². The summed E-state index contributed by atoms with van der Waals surface area (Å²) in [5.74, 6) is 0.778. The Balaban J connectivity index is 2.07. The van der Waals surface area contributed by atoms with E-state index in [0.717, 1.165) is 31.8 Å². The van der Waals surface area contributed by atoms with Crippen molar-refractivity contribution in [3.05, 3.63) is 17.5 Å². The molecule has 3 heteroatoms. The number of nitrogens with one attached hydrogen (secondary N) is 1. The fourth-order valence-corrected chi connectivity index (χ4v) is 2.25. The molecular weight excluding hydrogens is 186 g/mol. The molecule has 1 saturated heterocycles.